The summed E-state index contributed by atoms with van der Waals surface area (Å²) in [5.74, 6) is -0.188. The van der Waals surface area contributed by atoms with Gasteiger partial charge in [0.2, 0.25) is 0 Å². The molecular formula is C27H42O5. The van der Waals surface area contributed by atoms with Gasteiger partial charge in [0.05, 0.1) is 0 Å². The van der Waals surface area contributed by atoms with E-state index in [0.29, 0.717) is 24.7 Å². The maximum Gasteiger partial charge on any atom is 0.311 e. The number of carbonyl (C=O) groups is 3. The molecule has 0 N–H and O–H groups in total. The first kappa shape index (κ1) is 27.9. The van der Waals surface area contributed by atoms with Crippen molar-refractivity contribution in [3.05, 3.63) is 23.8 Å². The molecule has 0 fully saturated rings. The lowest BCUT2D eigenvalue weighted by Gasteiger charge is -2.09. The van der Waals surface area contributed by atoms with Crippen molar-refractivity contribution < 1.29 is 23.9 Å². The predicted molar refractivity (Wildman–Crippen MR) is 128 cm³/mol. The second-order valence-corrected chi connectivity index (χ2v) is 8.55. The monoisotopic (exact) mass is 446 g/mol. The Morgan fingerprint density at radius 1 is 0.625 bits per heavy atom. The van der Waals surface area contributed by atoms with E-state index in [2.05, 4.69) is 13.8 Å². The second-order valence-electron chi connectivity index (χ2n) is 8.55. The van der Waals surface area contributed by atoms with Gasteiger partial charge >= 0.3 is 11.9 Å². The molecule has 1 aromatic carbocycles. The Kier molecular flexibility index (Phi) is 16.0. The summed E-state index contributed by atoms with van der Waals surface area (Å²) in [4.78, 5) is 35.5. The minimum absolute atomic E-state index is 0.237. The molecule has 1 aromatic rings. The molecule has 0 aliphatic rings. The molecule has 0 radical (unpaired) electrons. The highest BCUT2D eigenvalue weighted by atomic mass is 16.5. The number of ether oxygens (including phenoxy) is 2. The number of esters is 2. The molecule has 5 nitrogen and oxygen atoms in total. The quantitative estimate of drug-likeness (QED) is 0.0947. The van der Waals surface area contributed by atoms with Crippen LogP contribution in [0.25, 0.3) is 0 Å². The fraction of sp³-hybridized carbons (Fsp3) is 0.667. The average molecular weight is 447 g/mol. The first-order valence-corrected chi connectivity index (χ1v) is 12.6. The normalized spacial score (nSPS) is 10.7. The first-order chi connectivity index (χ1) is 15.6. The summed E-state index contributed by atoms with van der Waals surface area (Å²) in [5.41, 5.74) is 0.310. The molecular weight excluding hydrogens is 404 g/mol. The summed E-state index contributed by atoms with van der Waals surface area (Å²) in [6.45, 7) is 4.39. The summed E-state index contributed by atoms with van der Waals surface area (Å²) in [7, 11) is 0. The molecule has 0 aliphatic heterocycles. The van der Waals surface area contributed by atoms with Crippen molar-refractivity contribution >= 4 is 18.2 Å². The van der Waals surface area contributed by atoms with Crippen LogP contribution in [-0.4, -0.2) is 18.2 Å². The van der Waals surface area contributed by atoms with Gasteiger partial charge in [-0.3, -0.25) is 14.4 Å². The zero-order chi connectivity index (χ0) is 23.4. The van der Waals surface area contributed by atoms with Crippen molar-refractivity contribution in [2.75, 3.05) is 0 Å². The molecule has 0 heterocycles. The largest absolute Gasteiger partial charge is 0.426 e. The summed E-state index contributed by atoms with van der Waals surface area (Å²) >= 11 is 0. The highest BCUT2D eigenvalue weighted by molar-refractivity contribution is 5.79. The molecule has 0 aliphatic carbocycles. The van der Waals surface area contributed by atoms with E-state index in [1.54, 1.807) is 0 Å². The van der Waals surface area contributed by atoms with E-state index in [1.165, 1.54) is 69.6 Å². The number of benzene rings is 1. The summed E-state index contributed by atoms with van der Waals surface area (Å²) in [5, 5.41) is 0. The zero-order valence-corrected chi connectivity index (χ0v) is 20.2. The predicted octanol–water partition coefficient (Wildman–Crippen LogP) is 7.59. The Bertz CT molecular complexity index is 618. The van der Waals surface area contributed by atoms with Crippen LogP contribution in [0.15, 0.2) is 18.2 Å². The van der Waals surface area contributed by atoms with Gasteiger partial charge in [-0.25, -0.2) is 0 Å². The van der Waals surface area contributed by atoms with Gasteiger partial charge in [0, 0.05) is 24.5 Å². The minimum Gasteiger partial charge on any atom is -0.426 e. The first-order valence-electron chi connectivity index (χ1n) is 12.6. The lowest BCUT2D eigenvalue weighted by atomic mass is 10.1. The molecule has 180 valence electrons. The Morgan fingerprint density at radius 2 is 1.00 bits per heavy atom. The number of unbranched alkanes of at least 4 members (excludes halogenated alkanes) is 12. The molecule has 0 unspecified atom stereocenters. The Hall–Kier alpha value is -2.17. The van der Waals surface area contributed by atoms with E-state index in [1.807, 2.05) is 0 Å². The molecule has 5 heteroatoms. The van der Waals surface area contributed by atoms with Crippen LogP contribution >= 0.6 is 0 Å². The van der Waals surface area contributed by atoms with Crippen molar-refractivity contribution in [3.8, 4) is 11.5 Å². The maximum absolute atomic E-state index is 12.1. The third kappa shape index (κ3) is 14.0. The van der Waals surface area contributed by atoms with E-state index in [-0.39, 0.29) is 23.4 Å². The standard InChI is InChI=1S/C27H42O5/c1-3-5-7-9-11-13-15-17-26(29)31-24-19-23(22-28)20-25(21-24)32-27(30)18-16-14-12-10-8-6-4-2/h19-22H,3-18H2,1-2H3. The van der Waals surface area contributed by atoms with Crippen molar-refractivity contribution in [3.63, 3.8) is 0 Å². The number of carbonyl (C=O) groups excluding carboxylic acids is 3. The van der Waals surface area contributed by atoms with Crippen LogP contribution in [-0.2, 0) is 9.59 Å². The van der Waals surface area contributed by atoms with Crippen LogP contribution in [0.5, 0.6) is 11.5 Å². The number of hydrogen-bond donors (Lipinski definition) is 0. The highest BCUT2D eigenvalue weighted by Crippen LogP contribution is 2.24. The molecule has 1 rings (SSSR count). The number of hydrogen-bond acceptors (Lipinski definition) is 5. The Balaban J connectivity index is 2.39. The summed E-state index contributed by atoms with van der Waals surface area (Å²) in [6.07, 6.45) is 17.1. The third-order valence-corrected chi connectivity index (χ3v) is 5.47. The van der Waals surface area contributed by atoms with Crippen molar-refractivity contribution in [2.24, 2.45) is 0 Å². The van der Waals surface area contributed by atoms with Crippen LogP contribution in [0.1, 0.15) is 127 Å². The Morgan fingerprint density at radius 3 is 1.38 bits per heavy atom. The van der Waals surface area contributed by atoms with Crippen molar-refractivity contribution in [2.45, 2.75) is 117 Å². The van der Waals surface area contributed by atoms with Crippen LogP contribution in [0, 0.1) is 0 Å². The van der Waals surface area contributed by atoms with Crippen molar-refractivity contribution in [1.82, 2.24) is 0 Å². The van der Waals surface area contributed by atoms with Crippen molar-refractivity contribution in [1.29, 1.82) is 0 Å². The maximum atomic E-state index is 12.1. The smallest absolute Gasteiger partial charge is 0.311 e. The van der Waals surface area contributed by atoms with Gasteiger partial charge < -0.3 is 9.47 Å². The average Bonchev–Trinajstić information content (AvgIpc) is 2.77. The van der Waals surface area contributed by atoms with Gasteiger partial charge in [0.25, 0.3) is 0 Å². The van der Waals surface area contributed by atoms with E-state index in [4.69, 9.17) is 9.47 Å². The molecule has 32 heavy (non-hydrogen) atoms. The molecule has 0 saturated carbocycles. The molecule has 0 bridgehead atoms. The molecule has 0 spiro atoms. The molecule has 0 atom stereocenters. The van der Waals surface area contributed by atoms with Gasteiger partial charge in [0.1, 0.15) is 17.8 Å². The topological polar surface area (TPSA) is 69.7 Å². The van der Waals surface area contributed by atoms with E-state index >= 15 is 0 Å². The van der Waals surface area contributed by atoms with E-state index in [0.717, 1.165) is 38.5 Å². The fourth-order valence-corrected chi connectivity index (χ4v) is 3.60. The summed E-state index contributed by atoms with van der Waals surface area (Å²) in [6, 6.07) is 4.48. The van der Waals surface area contributed by atoms with Crippen LogP contribution in [0.3, 0.4) is 0 Å². The molecule has 0 aromatic heterocycles. The van der Waals surface area contributed by atoms with Gasteiger partial charge in [0.15, 0.2) is 0 Å². The minimum atomic E-state index is -0.332. The van der Waals surface area contributed by atoms with E-state index < -0.39 is 0 Å². The summed E-state index contributed by atoms with van der Waals surface area (Å²) < 4.78 is 10.8. The fourth-order valence-electron chi connectivity index (χ4n) is 3.60. The lowest BCUT2D eigenvalue weighted by molar-refractivity contribution is -0.135. The van der Waals surface area contributed by atoms with E-state index in [9.17, 15) is 14.4 Å². The zero-order valence-electron chi connectivity index (χ0n) is 20.2. The van der Waals surface area contributed by atoms with Gasteiger partial charge in [-0.2, -0.15) is 0 Å². The van der Waals surface area contributed by atoms with Crippen LogP contribution in [0.2, 0.25) is 0 Å². The van der Waals surface area contributed by atoms with Gasteiger partial charge in [-0.1, -0.05) is 90.9 Å². The SMILES string of the molecule is CCCCCCCCCC(=O)Oc1cc(C=O)cc(OC(=O)CCCCCCCCC)c1. The highest BCUT2D eigenvalue weighted by Gasteiger charge is 2.11. The van der Waals surface area contributed by atoms with Crippen LogP contribution < -0.4 is 9.47 Å². The molecule has 0 amide bonds. The van der Waals surface area contributed by atoms with Gasteiger partial charge in [-0.05, 0) is 25.0 Å². The van der Waals surface area contributed by atoms with Gasteiger partial charge in [-0.15, -0.1) is 0 Å². The number of rotatable bonds is 19. The molecule has 0 saturated heterocycles. The number of aldehydes is 1. The lowest BCUT2D eigenvalue weighted by Crippen LogP contribution is -2.10. The third-order valence-electron chi connectivity index (χ3n) is 5.47. The Labute approximate surface area is 194 Å². The second kappa shape index (κ2) is 18.4. The van der Waals surface area contributed by atoms with Crippen LogP contribution in [0.4, 0.5) is 0 Å².